The molecule has 1 aromatic rings. The number of allylic oxidation sites excluding steroid dienone is 1. The molecule has 1 aliphatic rings. The summed E-state index contributed by atoms with van der Waals surface area (Å²) in [4.78, 5) is 12.0. The van der Waals surface area contributed by atoms with Crippen LogP contribution >= 0.6 is 23.5 Å². The highest BCUT2D eigenvalue weighted by molar-refractivity contribution is 8.03. The summed E-state index contributed by atoms with van der Waals surface area (Å²) < 4.78 is 0. The Kier molecular flexibility index (Phi) is 9.59. The van der Waals surface area contributed by atoms with Gasteiger partial charge in [-0.25, -0.2) is 4.99 Å². The minimum Gasteiger partial charge on any atom is -0.383 e. The number of aliphatic imine (C=N–C) groups is 1. The molecule has 0 saturated heterocycles. The smallest absolute Gasteiger partial charge is 0.137 e. The topological polar surface area (TPSA) is 44.9 Å². The number of nitrogens with two attached hydrogens (primary N) is 1. The molecule has 0 atom stereocenters. The summed E-state index contributed by atoms with van der Waals surface area (Å²) >= 11 is 3.58. The number of hydrogen-bond acceptors (Lipinski definition) is 5. The van der Waals surface area contributed by atoms with Crippen LogP contribution in [0, 0.1) is 0 Å². The van der Waals surface area contributed by atoms with Gasteiger partial charge in [-0.2, -0.15) is 0 Å². The van der Waals surface area contributed by atoms with Crippen molar-refractivity contribution in [3.05, 3.63) is 29.2 Å². The van der Waals surface area contributed by atoms with Crippen LogP contribution < -0.4 is 10.6 Å². The van der Waals surface area contributed by atoms with Crippen molar-refractivity contribution in [3.8, 4) is 0 Å². The largest absolute Gasteiger partial charge is 0.383 e. The van der Waals surface area contributed by atoms with E-state index in [9.17, 15) is 0 Å². The molecule has 0 bridgehead atoms. The zero-order valence-electron chi connectivity index (χ0n) is 17.2. The lowest BCUT2D eigenvalue weighted by molar-refractivity contribution is 0.331. The van der Waals surface area contributed by atoms with Gasteiger partial charge in [-0.3, -0.25) is 0 Å². The van der Waals surface area contributed by atoms with Crippen molar-refractivity contribution in [1.82, 2.24) is 4.90 Å². The molecule has 150 valence electrons. The Morgan fingerprint density at radius 2 is 2.19 bits per heavy atom. The molecule has 0 amide bonds. The van der Waals surface area contributed by atoms with E-state index in [1.807, 2.05) is 18.0 Å². The van der Waals surface area contributed by atoms with Crippen molar-refractivity contribution < 1.29 is 0 Å². The molecule has 0 unspecified atom stereocenters. The molecule has 27 heavy (non-hydrogen) atoms. The maximum absolute atomic E-state index is 6.21. The molecule has 1 heterocycles. The van der Waals surface area contributed by atoms with Crippen LogP contribution in [0.5, 0.6) is 0 Å². The van der Waals surface area contributed by atoms with Crippen LogP contribution in [0.3, 0.4) is 0 Å². The fourth-order valence-electron chi connectivity index (χ4n) is 3.26. The average molecular weight is 407 g/mol. The SMILES string of the molecule is CCC=C(SC)C(N)=Nc1ccc2c(c1)SCCN2CCCN(C)CCC. The lowest BCUT2D eigenvalue weighted by Gasteiger charge is -2.31. The van der Waals surface area contributed by atoms with Gasteiger partial charge >= 0.3 is 0 Å². The molecule has 1 aromatic carbocycles. The number of nitrogens with zero attached hydrogens (tertiary/aromatic N) is 3. The third kappa shape index (κ3) is 6.77. The first-order valence-electron chi connectivity index (χ1n) is 9.88. The van der Waals surface area contributed by atoms with Crippen LogP contribution in [0.15, 0.2) is 39.1 Å². The fourth-order valence-corrected chi connectivity index (χ4v) is 4.93. The number of hydrogen-bond donors (Lipinski definition) is 1. The molecule has 0 saturated carbocycles. The minimum atomic E-state index is 0.612. The van der Waals surface area contributed by atoms with Gasteiger partial charge < -0.3 is 15.5 Å². The third-order valence-corrected chi connectivity index (χ3v) is 6.43. The normalized spacial score (nSPS) is 15.4. The standard InChI is InChI=1S/C21H34N4S2/c1-5-8-19(26-4)21(22)23-17-9-10-18-20(16-17)27-15-14-25(18)13-7-12-24(3)11-6-2/h8-10,16H,5-7,11-15H2,1-4H3,(H2,22,23). The van der Waals surface area contributed by atoms with Gasteiger partial charge in [0.1, 0.15) is 5.84 Å². The first-order chi connectivity index (χ1) is 13.1. The lowest BCUT2D eigenvalue weighted by atomic mass is 10.2. The number of rotatable bonds is 10. The van der Waals surface area contributed by atoms with Crippen molar-refractivity contribution >= 4 is 40.7 Å². The Balaban J connectivity index is 2.06. The highest BCUT2D eigenvalue weighted by atomic mass is 32.2. The summed E-state index contributed by atoms with van der Waals surface area (Å²) in [6.07, 6.45) is 7.56. The molecule has 4 nitrogen and oxygen atoms in total. The number of benzene rings is 1. The Bertz CT molecular complexity index is 658. The summed E-state index contributed by atoms with van der Waals surface area (Å²) in [6.45, 7) is 8.93. The van der Waals surface area contributed by atoms with Crippen LogP contribution in [0.1, 0.15) is 33.1 Å². The van der Waals surface area contributed by atoms with Crippen LogP contribution in [0.25, 0.3) is 0 Å². The van der Waals surface area contributed by atoms with Crippen molar-refractivity contribution in [3.63, 3.8) is 0 Å². The molecule has 1 aliphatic heterocycles. The summed E-state index contributed by atoms with van der Waals surface area (Å²) in [6, 6.07) is 6.50. The second-order valence-electron chi connectivity index (χ2n) is 6.82. The molecule has 6 heteroatoms. The molecule has 0 aliphatic carbocycles. The van der Waals surface area contributed by atoms with Crippen molar-refractivity contribution in [2.75, 3.05) is 50.1 Å². The zero-order chi connectivity index (χ0) is 19.6. The predicted octanol–water partition coefficient (Wildman–Crippen LogP) is 4.98. The molecule has 0 radical (unpaired) electrons. The van der Waals surface area contributed by atoms with Crippen LogP contribution in [0.4, 0.5) is 11.4 Å². The predicted molar refractivity (Wildman–Crippen MR) is 125 cm³/mol. The third-order valence-electron chi connectivity index (χ3n) is 4.59. The van der Waals surface area contributed by atoms with E-state index in [4.69, 9.17) is 5.73 Å². The lowest BCUT2D eigenvalue weighted by Crippen LogP contribution is -2.32. The quantitative estimate of drug-likeness (QED) is 0.439. The van der Waals surface area contributed by atoms with Crippen LogP contribution in [0.2, 0.25) is 0 Å². The van der Waals surface area contributed by atoms with Gasteiger partial charge in [0.25, 0.3) is 0 Å². The second-order valence-corrected chi connectivity index (χ2v) is 8.81. The van der Waals surface area contributed by atoms with E-state index in [2.05, 4.69) is 60.0 Å². The fraction of sp³-hybridized carbons (Fsp3) is 0.571. The molecule has 0 aromatic heterocycles. The molecule has 2 N–H and O–H groups in total. The van der Waals surface area contributed by atoms with E-state index in [0.717, 1.165) is 42.4 Å². The number of fused-ring (bicyclic) bond motifs is 1. The highest BCUT2D eigenvalue weighted by Gasteiger charge is 2.17. The van der Waals surface area contributed by atoms with Crippen molar-refractivity contribution in [2.24, 2.45) is 10.7 Å². The van der Waals surface area contributed by atoms with Crippen LogP contribution in [-0.2, 0) is 0 Å². The summed E-state index contributed by atoms with van der Waals surface area (Å²) in [5, 5.41) is 0. The van der Waals surface area contributed by atoms with E-state index < -0.39 is 0 Å². The number of amidine groups is 1. The van der Waals surface area contributed by atoms with Gasteiger partial charge in [-0.05, 0) is 63.9 Å². The van der Waals surface area contributed by atoms with E-state index in [1.54, 1.807) is 11.8 Å². The molecular formula is C21H34N4S2. The van der Waals surface area contributed by atoms with E-state index in [1.165, 1.54) is 30.0 Å². The maximum Gasteiger partial charge on any atom is 0.137 e. The maximum atomic E-state index is 6.21. The van der Waals surface area contributed by atoms with Gasteiger partial charge in [0, 0.05) is 28.6 Å². The van der Waals surface area contributed by atoms with E-state index in [-0.39, 0.29) is 0 Å². The summed E-state index contributed by atoms with van der Waals surface area (Å²) in [7, 11) is 2.22. The van der Waals surface area contributed by atoms with Gasteiger partial charge in [0.2, 0.25) is 0 Å². The van der Waals surface area contributed by atoms with E-state index in [0.29, 0.717) is 5.84 Å². The first-order valence-corrected chi connectivity index (χ1v) is 12.1. The number of anilines is 1. The minimum absolute atomic E-state index is 0.612. The van der Waals surface area contributed by atoms with Crippen molar-refractivity contribution in [1.29, 1.82) is 0 Å². The van der Waals surface area contributed by atoms with Crippen LogP contribution in [-0.4, -0.2) is 56.0 Å². The van der Waals surface area contributed by atoms with Gasteiger partial charge in [0.15, 0.2) is 0 Å². The Morgan fingerprint density at radius 3 is 2.89 bits per heavy atom. The van der Waals surface area contributed by atoms with Gasteiger partial charge in [0.05, 0.1) is 11.4 Å². The Hall–Kier alpha value is -1.11. The van der Waals surface area contributed by atoms with Gasteiger partial charge in [-0.15, -0.1) is 23.5 Å². The Labute approximate surface area is 173 Å². The molecular weight excluding hydrogens is 372 g/mol. The highest BCUT2D eigenvalue weighted by Crippen LogP contribution is 2.37. The molecule has 0 fully saturated rings. The summed E-state index contributed by atoms with van der Waals surface area (Å²) in [5.74, 6) is 1.74. The average Bonchev–Trinajstić information content (AvgIpc) is 2.66. The number of thioether (sulfide) groups is 2. The first kappa shape index (κ1) is 22.2. The molecule has 2 rings (SSSR count). The second kappa shape index (κ2) is 11.7. The van der Waals surface area contributed by atoms with Gasteiger partial charge in [-0.1, -0.05) is 19.9 Å². The van der Waals surface area contributed by atoms with E-state index >= 15 is 0 Å². The Morgan fingerprint density at radius 1 is 1.37 bits per heavy atom. The van der Waals surface area contributed by atoms with Crippen molar-refractivity contribution in [2.45, 2.75) is 38.0 Å². The molecule has 0 spiro atoms. The summed E-state index contributed by atoms with van der Waals surface area (Å²) in [5.41, 5.74) is 8.50. The zero-order valence-corrected chi connectivity index (χ0v) is 18.8. The monoisotopic (exact) mass is 406 g/mol.